The first-order valence-corrected chi connectivity index (χ1v) is 3.23. The van der Waals surface area contributed by atoms with Crippen molar-refractivity contribution in [2.24, 2.45) is 0 Å². The Morgan fingerprint density at radius 3 is 2.56 bits per heavy atom. The second-order valence-electron chi connectivity index (χ2n) is 2.60. The molecule has 0 amide bonds. The maximum absolute atomic E-state index is 9.40. The molecule has 1 fully saturated rings. The summed E-state index contributed by atoms with van der Waals surface area (Å²) >= 11 is 0. The number of hydrogen-bond donors (Lipinski definition) is 2. The number of rotatable bonds is 1. The molecule has 9 heavy (non-hydrogen) atoms. The molecule has 2 nitrogen and oxygen atoms in total. The monoisotopic (exact) mass is 128 g/mol. The fraction of sp³-hybridized carbons (Fsp3) is 0.714. The molecule has 0 aromatic rings. The van der Waals surface area contributed by atoms with Crippen LogP contribution in [-0.4, -0.2) is 21.9 Å². The lowest BCUT2D eigenvalue weighted by Gasteiger charge is -2.21. The van der Waals surface area contributed by atoms with Gasteiger partial charge in [0, 0.05) is 0 Å². The minimum absolute atomic E-state index is 0.588. The highest BCUT2D eigenvalue weighted by molar-refractivity contribution is 5.04. The van der Waals surface area contributed by atoms with Gasteiger partial charge < -0.3 is 10.2 Å². The maximum atomic E-state index is 9.40. The van der Waals surface area contributed by atoms with Gasteiger partial charge in [0.2, 0.25) is 0 Å². The smallest absolute Gasteiger partial charge is 0.108 e. The molecule has 0 spiro atoms. The van der Waals surface area contributed by atoms with Gasteiger partial charge >= 0.3 is 0 Å². The fourth-order valence-corrected chi connectivity index (χ4v) is 1.23. The largest absolute Gasteiger partial charge is 0.390 e. The first kappa shape index (κ1) is 6.78. The second-order valence-corrected chi connectivity index (χ2v) is 2.60. The molecule has 0 aliphatic heterocycles. The number of hydrogen-bond acceptors (Lipinski definition) is 2. The average molecular weight is 128 g/mol. The molecule has 2 atom stereocenters. The van der Waals surface area contributed by atoms with E-state index in [0.717, 1.165) is 6.42 Å². The molecular formula is C7H12O2. The summed E-state index contributed by atoms with van der Waals surface area (Å²) in [5, 5.41) is 18.5. The molecule has 0 radical (unpaired) electrons. The van der Waals surface area contributed by atoms with Gasteiger partial charge in [-0.2, -0.15) is 0 Å². The lowest BCUT2D eigenvalue weighted by molar-refractivity contribution is -0.0154. The highest BCUT2D eigenvalue weighted by Crippen LogP contribution is 2.30. The summed E-state index contributed by atoms with van der Waals surface area (Å²) in [6.45, 7) is 3.45. The molecule has 1 aliphatic rings. The van der Waals surface area contributed by atoms with E-state index in [0.29, 0.717) is 12.8 Å². The molecular weight excluding hydrogens is 116 g/mol. The van der Waals surface area contributed by atoms with Crippen molar-refractivity contribution in [3.05, 3.63) is 12.7 Å². The van der Waals surface area contributed by atoms with Crippen molar-refractivity contribution >= 4 is 0 Å². The Balaban J connectivity index is 2.66. The summed E-state index contributed by atoms with van der Waals surface area (Å²) in [7, 11) is 0. The SMILES string of the molecule is C=C[C@]1(O)CCCC1O. The Kier molecular flexibility index (Phi) is 1.60. The van der Waals surface area contributed by atoms with E-state index in [2.05, 4.69) is 6.58 Å². The predicted octanol–water partition coefficient (Wildman–Crippen LogP) is 0.448. The van der Waals surface area contributed by atoms with Crippen LogP contribution in [0.4, 0.5) is 0 Å². The molecule has 0 saturated heterocycles. The number of aliphatic hydroxyl groups excluding tert-OH is 1. The quantitative estimate of drug-likeness (QED) is 0.503. The summed E-state index contributed by atoms with van der Waals surface area (Å²) in [4.78, 5) is 0. The van der Waals surface area contributed by atoms with E-state index in [9.17, 15) is 5.11 Å². The van der Waals surface area contributed by atoms with Gasteiger partial charge in [-0.05, 0) is 19.3 Å². The predicted molar refractivity (Wildman–Crippen MR) is 35.0 cm³/mol. The van der Waals surface area contributed by atoms with E-state index in [1.807, 2.05) is 0 Å². The Bertz CT molecular complexity index is 122. The summed E-state index contributed by atoms with van der Waals surface area (Å²) in [5.74, 6) is 0. The maximum Gasteiger partial charge on any atom is 0.108 e. The summed E-state index contributed by atoms with van der Waals surface area (Å²) in [6.07, 6.45) is 3.09. The van der Waals surface area contributed by atoms with Crippen molar-refractivity contribution in [3.63, 3.8) is 0 Å². The third-order valence-electron chi connectivity index (χ3n) is 1.99. The van der Waals surface area contributed by atoms with Crippen LogP contribution in [-0.2, 0) is 0 Å². The summed E-state index contributed by atoms with van der Waals surface area (Å²) in [6, 6.07) is 0. The summed E-state index contributed by atoms with van der Waals surface area (Å²) in [5.41, 5.74) is -0.986. The number of aliphatic hydroxyl groups is 2. The van der Waals surface area contributed by atoms with Gasteiger partial charge in [-0.3, -0.25) is 0 Å². The lowest BCUT2D eigenvalue weighted by atomic mass is 10.0. The highest BCUT2D eigenvalue weighted by atomic mass is 16.3. The van der Waals surface area contributed by atoms with E-state index in [1.165, 1.54) is 6.08 Å². The van der Waals surface area contributed by atoms with Crippen LogP contribution in [0.25, 0.3) is 0 Å². The van der Waals surface area contributed by atoms with Gasteiger partial charge in [-0.1, -0.05) is 6.08 Å². The minimum atomic E-state index is -0.986. The normalized spacial score (nSPS) is 43.1. The molecule has 1 saturated carbocycles. The van der Waals surface area contributed by atoms with E-state index in [4.69, 9.17) is 5.11 Å². The van der Waals surface area contributed by atoms with Crippen LogP contribution in [0, 0.1) is 0 Å². The van der Waals surface area contributed by atoms with Crippen molar-refractivity contribution in [1.29, 1.82) is 0 Å². The Morgan fingerprint density at radius 1 is 1.67 bits per heavy atom. The first-order chi connectivity index (χ1) is 4.19. The highest BCUT2D eigenvalue weighted by Gasteiger charge is 2.36. The van der Waals surface area contributed by atoms with Crippen LogP contribution in [0.2, 0.25) is 0 Å². The first-order valence-electron chi connectivity index (χ1n) is 3.23. The molecule has 0 aromatic heterocycles. The van der Waals surface area contributed by atoms with E-state index in [1.54, 1.807) is 0 Å². The zero-order valence-corrected chi connectivity index (χ0v) is 5.38. The van der Waals surface area contributed by atoms with E-state index < -0.39 is 11.7 Å². The van der Waals surface area contributed by atoms with Crippen molar-refractivity contribution < 1.29 is 10.2 Å². The van der Waals surface area contributed by atoms with Gasteiger partial charge in [0.1, 0.15) is 5.60 Å². The molecule has 52 valence electrons. The third-order valence-corrected chi connectivity index (χ3v) is 1.99. The van der Waals surface area contributed by atoms with Crippen molar-refractivity contribution in [1.82, 2.24) is 0 Å². The lowest BCUT2D eigenvalue weighted by Crippen LogP contribution is -2.34. The molecule has 2 heteroatoms. The minimum Gasteiger partial charge on any atom is -0.390 e. The van der Waals surface area contributed by atoms with Crippen LogP contribution in [0.1, 0.15) is 19.3 Å². The third kappa shape index (κ3) is 1.00. The molecule has 0 heterocycles. The average Bonchev–Trinajstić information content (AvgIpc) is 2.15. The molecule has 0 bridgehead atoms. The van der Waals surface area contributed by atoms with Gasteiger partial charge in [-0.25, -0.2) is 0 Å². The molecule has 1 rings (SSSR count). The van der Waals surface area contributed by atoms with Crippen LogP contribution < -0.4 is 0 Å². The van der Waals surface area contributed by atoms with Crippen LogP contribution >= 0.6 is 0 Å². The fourth-order valence-electron chi connectivity index (χ4n) is 1.23. The molecule has 0 aromatic carbocycles. The van der Waals surface area contributed by atoms with Gasteiger partial charge in [0.15, 0.2) is 0 Å². The second kappa shape index (κ2) is 2.12. The van der Waals surface area contributed by atoms with Crippen molar-refractivity contribution in [3.8, 4) is 0 Å². The topological polar surface area (TPSA) is 40.5 Å². The van der Waals surface area contributed by atoms with Gasteiger partial charge in [-0.15, -0.1) is 6.58 Å². The van der Waals surface area contributed by atoms with Crippen LogP contribution in [0.3, 0.4) is 0 Å². The molecule has 1 unspecified atom stereocenters. The van der Waals surface area contributed by atoms with Crippen molar-refractivity contribution in [2.75, 3.05) is 0 Å². The zero-order valence-electron chi connectivity index (χ0n) is 5.38. The van der Waals surface area contributed by atoms with E-state index in [-0.39, 0.29) is 0 Å². The van der Waals surface area contributed by atoms with Gasteiger partial charge in [0.05, 0.1) is 6.10 Å². The molecule has 1 aliphatic carbocycles. The van der Waals surface area contributed by atoms with Crippen LogP contribution in [0.15, 0.2) is 12.7 Å². The zero-order chi connectivity index (χ0) is 6.91. The van der Waals surface area contributed by atoms with Crippen LogP contribution in [0.5, 0.6) is 0 Å². The Hall–Kier alpha value is -0.340. The van der Waals surface area contributed by atoms with Gasteiger partial charge in [0.25, 0.3) is 0 Å². The Morgan fingerprint density at radius 2 is 2.33 bits per heavy atom. The Labute approximate surface area is 54.8 Å². The van der Waals surface area contributed by atoms with E-state index >= 15 is 0 Å². The standard InChI is InChI=1S/C7H12O2/c1-2-7(9)5-3-4-6(7)8/h2,6,8-9H,1,3-5H2/t6?,7-/m0/s1. The molecule has 2 N–H and O–H groups in total. The van der Waals surface area contributed by atoms with Crippen molar-refractivity contribution in [2.45, 2.75) is 31.0 Å². The summed E-state index contributed by atoms with van der Waals surface area (Å²) < 4.78 is 0.